The Morgan fingerprint density at radius 3 is 1.29 bits per heavy atom. The van der Waals surface area contributed by atoms with E-state index in [1.165, 1.54) is 64.2 Å². The fourth-order valence-corrected chi connectivity index (χ4v) is 9.22. The Bertz CT molecular complexity index is 1340. The first-order valence-electron chi connectivity index (χ1n) is 22.5. The minimum absolute atomic E-state index is 0.000926. The molecular weight excluding hydrogens is 879 g/mol. The normalized spacial score (nSPS) is 22.3. The SMILES string of the molecule is CCCCCCCCCCCCCCCC(=O)O[C@H](COC(=O)CCCCCCCCCCCCCN)COP(=O)(O)OC1C(O)[C@H](OP(=O)(O)O)C(OP(=O)(O)O)[C@H](O)[C@@H]1O. The molecule has 0 aromatic rings. The quantitative estimate of drug-likeness (QED) is 0.0190. The van der Waals surface area contributed by atoms with Crippen LogP contribution < -0.4 is 5.73 Å². The number of nitrogens with two attached hydrogens (primary N) is 1. The van der Waals surface area contributed by atoms with Gasteiger partial charge in [-0.25, -0.2) is 13.7 Å². The summed E-state index contributed by atoms with van der Waals surface area (Å²) in [5.41, 5.74) is 5.53. The number of esters is 2. The van der Waals surface area contributed by atoms with Crippen molar-refractivity contribution in [3.63, 3.8) is 0 Å². The van der Waals surface area contributed by atoms with Crippen molar-refractivity contribution in [2.75, 3.05) is 19.8 Å². The van der Waals surface area contributed by atoms with Crippen LogP contribution in [0.2, 0.25) is 0 Å². The summed E-state index contributed by atoms with van der Waals surface area (Å²) >= 11 is 0. The van der Waals surface area contributed by atoms with E-state index in [2.05, 4.69) is 16.0 Å². The molecule has 1 fully saturated rings. The van der Waals surface area contributed by atoms with Gasteiger partial charge in [0, 0.05) is 12.8 Å². The maximum absolute atomic E-state index is 13.1. The Morgan fingerprint density at radius 1 is 0.500 bits per heavy atom. The fraction of sp³-hybridized carbons (Fsp3) is 0.949. The molecule has 4 unspecified atom stereocenters. The van der Waals surface area contributed by atoms with E-state index in [1.807, 2.05) is 0 Å². The maximum Gasteiger partial charge on any atom is 0.472 e. The molecule has 0 aromatic carbocycles. The number of carbonyl (C=O) groups excluding carboxylic acids is 2. The maximum atomic E-state index is 13.1. The van der Waals surface area contributed by atoms with Crippen molar-refractivity contribution in [2.24, 2.45) is 5.73 Å². The summed E-state index contributed by atoms with van der Waals surface area (Å²) in [6.07, 6.45) is 9.43. The highest BCUT2D eigenvalue weighted by molar-refractivity contribution is 7.47. The van der Waals surface area contributed by atoms with Crippen molar-refractivity contribution in [1.82, 2.24) is 0 Å². The standard InChI is InChI=1S/C39H78NO19P3/c1-2-3-4-5-6-7-8-9-11-15-18-21-24-27-33(42)56-31(29-54-32(41)26-23-20-17-14-12-10-13-16-19-22-25-28-40)30-55-62(52,53)59-37-34(43)35(44)38(57-60(46,47)48)39(36(37)45)58-61(49,50)51/h31,34-39,43-45H,2-30,40H2,1H3,(H,52,53)(H2,46,47,48)(H2,49,50,51)/t31-,34+,35-,36?,37?,38?,39+/m1/s1. The molecule has 0 amide bonds. The largest absolute Gasteiger partial charge is 0.472 e. The average Bonchev–Trinajstić information content (AvgIpc) is 3.19. The third kappa shape index (κ3) is 29.6. The van der Waals surface area contributed by atoms with Crippen molar-refractivity contribution in [2.45, 2.75) is 217 Å². The molecule has 10 N–H and O–H groups in total. The van der Waals surface area contributed by atoms with Crippen LogP contribution in [0.1, 0.15) is 174 Å². The first kappa shape index (κ1) is 59.1. The lowest BCUT2D eigenvalue weighted by Crippen LogP contribution is -2.65. The van der Waals surface area contributed by atoms with Crippen LogP contribution in [0.4, 0.5) is 0 Å². The number of ether oxygens (including phenoxy) is 2. The Labute approximate surface area is 367 Å². The van der Waals surface area contributed by atoms with E-state index in [-0.39, 0.29) is 12.8 Å². The van der Waals surface area contributed by atoms with E-state index in [0.29, 0.717) is 12.8 Å². The van der Waals surface area contributed by atoms with E-state index in [4.69, 9.17) is 24.3 Å². The molecule has 0 heterocycles. The number of phosphoric acid groups is 3. The summed E-state index contributed by atoms with van der Waals surface area (Å²) in [5.74, 6) is -1.30. The van der Waals surface area contributed by atoms with Crippen LogP contribution in [-0.2, 0) is 50.9 Å². The zero-order valence-corrected chi connectivity index (χ0v) is 39.2. The summed E-state index contributed by atoms with van der Waals surface area (Å²) in [6.45, 7) is 1.45. The molecule has 0 aliphatic heterocycles. The molecule has 0 bridgehead atoms. The summed E-state index contributed by atoms with van der Waals surface area (Å²) in [4.78, 5) is 73.0. The average molecular weight is 958 g/mol. The van der Waals surface area contributed by atoms with E-state index in [0.717, 1.165) is 83.6 Å². The van der Waals surface area contributed by atoms with Gasteiger partial charge in [-0.05, 0) is 25.8 Å². The van der Waals surface area contributed by atoms with Crippen LogP contribution >= 0.6 is 23.5 Å². The molecule has 0 spiro atoms. The number of rotatable bonds is 39. The highest BCUT2D eigenvalue weighted by Gasteiger charge is 2.56. The van der Waals surface area contributed by atoms with E-state index >= 15 is 0 Å². The molecule has 23 heteroatoms. The molecule has 0 saturated heterocycles. The van der Waals surface area contributed by atoms with Gasteiger partial charge in [-0.3, -0.25) is 27.7 Å². The number of carbonyl (C=O) groups is 2. The predicted octanol–water partition coefficient (Wildman–Crippen LogP) is 6.12. The molecule has 368 valence electrons. The Balaban J connectivity index is 2.76. The third-order valence-corrected chi connectivity index (χ3v) is 12.5. The molecule has 1 aliphatic rings. The predicted molar refractivity (Wildman–Crippen MR) is 228 cm³/mol. The van der Waals surface area contributed by atoms with Crippen molar-refractivity contribution in [1.29, 1.82) is 0 Å². The monoisotopic (exact) mass is 957 g/mol. The van der Waals surface area contributed by atoms with Crippen molar-refractivity contribution in [3.8, 4) is 0 Å². The zero-order chi connectivity index (χ0) is 46.4. The summed E-state index contributed by atoms with van der Waals surface area (Å²) in [7, 11) is -16.6. The number of hydrogen-bond donors (Lipinski definition) is 9. The molecule has 20 nitrogen and oxygen atoms in total. The highest BCUT2D eigenvalue weighted by atomic mass is 31.2. The summed E-state index contributed by atoms with van der Waals surface area (Å²) in [5, 5.41) is 31.8. The van der Waals surface area contributed by atoms with Crippen LogP contribution in [0.15, 0.2) is 0 Å². The van der Waals surface area contributed by atoms with Crippen molar-refractivity contribution < 1.29 is 90.6 Å². The Morgan fingerprint density at radius 2 is 0.871 bits per heavy atom. The van der Waals surface area contributed by atoms with E-state index in [1.54, 1.807) is 0 Å². The van der Waals surface area contributed by atoms with Gasteiger partial charge in [-0.1, -0.05) is 142 Å². The molecule has 0 radical (unpaired) electrons. The third-order valence-electron chi connectivity index (χ3n) is 10.5. The second kappa shape index (κ2) is 33.6. The van der Waals surface area contributed by atoms with Crippen molar-refractivity contribution in [3.05, 3.63) is 0 Å². The van der Waals surface area contributed by atoms with Crippen LogP contribution in [0, 0.1) is 0 Å². The molecule has 1 rings (SSSR count). The van der Waals surface area contributed by atoms with Gasteiger partial charge in [0.2, 0.25) is 0 Å². The first-order valence-corrected chi connectivity index (χ1v) is 27.1. The van der Waals surface area contributed by atoms with Gasteiger partial charge in [0.1, 0.15) is 43.2 Å². The van der Waals surface area contributed by atoms with Gasteiger partial charge in [0.15, 0.2) is 6.10 Å². The van der Waals surface area contributed by atoms with E-state index in [9.17, 15) is 63.1 Å². The number of aliphatic hydroxyl groups excluding tert-OH is 3. The minimum atomic E-state index is -5.60. The van der Waals surface area contributed by atoms with Crippen LogP contribution in [0.5, 0.6) is 0 Å². The van der Waals surface area contributed by atoms with Crippen molar-refractivity contribution >= 4 is 35.4 Å². The summed E-state index contributed by atoms with van der Waals surface area (Å²) < 4.78 is 65.3. The smallest absolute Gasteiger partial charge is 0.462 e. The minimum Gasteiger partial charge on any atom is -0.462 e. The molecule has 0 aromatic heterocycles. The lowest BCUT2D eigenvalue weighted by atomic mass is 9.85. The van der Waals surface area contributed by atoms with Gasteiger partial charge in [-0.15, -0.1) is 0 Å². The lowest BCUT2D eigenvalue weighted by molar-refractivity contribution is -0.213. The van der Waals surface area contributed by atoms with Gasteiger partial charge >= 0.3 is 35.4 Å². The molecule has 8 atom stereocenters. The molecular formula is C39H78NO19P3. The van der Waals surface area contributed by atoms with Gasteiger partial charge < -0.3 is 55.0 Å². The second-order valence-corrected chi connectivity index (χ2v) is 19.9. The van der Waals surface area contributed by atoms with Crippen LogP contribution in [0.25, 0.3) is 0 Å². The lowest BCUT2D eigenvalue weighted by Gasteiger charge is -2.44. The number of hydrogen-bond acceptors (Lipinski definition) is 15. The fourth-order valence-electron chi connectivity index (χ4n) is 7.13. The number of unbranched alkanes of at least 4 members (excludes halogenated alkanes) is 22. The molecule has 62 heavy (non-hydrogen) atoms. The highest BCUT2D eigenvalue weighted by Crippen LogP contribution is 2.51. The summed E-state index contributed by atoms with van der Waals surface area (Å²) in [6, 6.07) is 0. The molecule has 1 aliphatic carbocycles. The topological polar surface area (TPSA) is 329 Å². The second-order valence-electron chi connectivity index (χ2n) is 16.1. The first-order chi connectivity index (χ1) is 29.3. The number of phosphoric ester groups is 3. The van der Waals surface area contributed by atoms with Crippen LogP contribution in [-0.4, -0.2) is 114 Å². The van der Waals surface area contributed by atoms with Gasteiger partial charge in [0.25, 0.3) is 0 Å². The Kier molecular flexibility index (Phi) is 32.0. The van der Waals surface area contributed by atoms with E-state index < -0.39 is 91.3 Å². The Hall–Kier alpha value is -0.890. The molecule has 1 saturated carbocycles. The van der Waals surface area contributed by atoms with Crippen LogP contribution in [0.3, 0.4) is 0 Å². The van der Waals surface area contributed by atoms with Gasteiger partial charge in [0.05, 0.1) is 6.61 Å². The number of aliphatic hydroxyl groups is 3. The zero-order valence-electron chi connectivity index (χ0n) is 36.5. The van der Waals surface area contributed by atoms with Gasteiger partial charge in [-0.2, -0.15) is 0 Å².